The number of halogens is 1. The van der Waals surface area contributed by atoms with E-state index >= 15 is 0 Å². The number of hydrogen-bond donors (Lipinski definition) is 1. The Morgan fingerprint density at radius 2 is 2.00 bits per heavy atom. The van der Waals surface area contributed by atoms with Gasteiger partial charge < -0.3 is 15.0 Å². The molecule has 4 rings (SSSR count). The average molecular weight is 412 g/mol. The fourth-order valence-electron chi connectivity index (χ4n) is 3.34. The number of hydrogen-bond acceptors (Lipinski definition) is 6. The van der Waals surface area contributed by atoms with Crippen LogP contribution in [-0.4, -0.2) is 40.5 Å². The minimum absolute atomic E-state index is 0.0399. The molecule has 0 unspecified atom stereocenters. The van der Waals surface area contributed by atoms with E-state index in [9.17, 15) is 9.18 Å². The topological polar surface area (TPSA) is 67.3 Å². The minimum atomic E-state index is -0.328. The van der Waals surface area contributed by atoms with Crippen LogP contribution in [0.5, 0.6) is 5.75 Å². The van der Waals surface area contributed by atoms with Crippen LogP contribution in [0.15, 0.2) is 54.0 Å². The lowest BCUT2D eigenvalue weighted by Crippen LogP contribution is -2.40. The van der Waals surface area contributed by atoms with Gasteiger partial charge in [0.2, 0.25) is 0 Å². The van der Waals surface area contributed by atoms with E-state index in [1.807, 2.05) is 28.5 Å². The standard InChI is InChI=1S/C21H21FN4O2S/c22-16-4-6-17(7-5-16)28-14-20(27)26-11-8-15(9-12-26)18-2-1-3-19(24-18)25-21-23-10-13-29-21/h1-7,10,13,15H,8-9,11-12,14H2,(H,23,24,25). The molecule has 29 heavy (non-hydrogen) atoms. The SMILES string of the molecule is O=C(COc1ccc(F)cc1)N1CCC(c2cccc(Nc3nccs3)n2)CC1. The van der Waals surface area contributed by atoms with E-state index in [0.29, 0.717) is 24.8 Å². The van der Waals surface area contributed by atoms with Gasteiger partial charge in [-0.3, -0.25) is 4.79 Å². The molecular weight excluding hydrogens is 391 g/mol. The summed E-state index contributed by atoms with van der Waals surface area (Å²) in [6, 6.07) is 11.6. The maximum atomic E-state index is 12.9. The first-order chi connectivity index (χ1) is 14.2. The number of carbonyl (C=O) groups excluding carboxylic acids is 1. The number of aromatic nitrogens is 2. The summed E-state index contributed by atoms with van der Waals surface area (Å²) in [6.45, 7) is 1.30. The predicted octanol–water partition coefficient (Wildman–Crippen LogP) is 4.21. The van der Waals surface area contributed by atoms with Crippen molar-refractivity contribution in [3.05, 3.63) is 65.6 Å². The number of nitrogens with zero attached hydrogens (tertiary/aromatic N) is 3. The smallest absolute Gasteiger partial charge is 0.260 e. The molecule has 3 heterocycles. The zero-order chi connectivity index (χ0) is 20.1. The number of nitrogens with one attached hydrogen (secondary N) is 1. The van der Waals surface area contributed by atoms with Gasteiger partial charge in [0.15, 0.2) is 11.7 Å². The molecule has 150 valence electrons. The highest BCUT2D eigenvalue weighted by Crippen LogP contribution is 2.28. The second-order valence-corrected chi connectivity index (χ2v) is 7.70. The summed E-state index contributed by atoms with van der Waals surface area (Å²) < 4.78 is 18.4. The van der Waals surface area contributed by atoms with E-state index < -0.39 is 0 Å². The van der Waals surface area contributed by atoms with Crippen molar-refractivity contribution in [2.75, 3.05) is 25.0 Å². The predicted molar refractivity (Wildman–Crippen MR) is 110 cm³/mol. The lowest BCUT2D eigenvalue weighted by atomic mass is 9.93. The Labute approximate surface area is 172 Å². The summed E-state index contributed by atoms with van der Waals surface area (Å²) in [7, 11) is 0. The molecule has 0 aliphatic carbocycles. The monoisotopic (exact) mass is 412 g/mol. The largest absolute Gasteiger partial charge is 0.484 e. The quantitative estimate of drug-likeness (QED) is 0.657. The number of rotatable bonds is 6. The van der Waals surface area contributed by atoms with Crippen molar-refractivity contribution < 1.29 is 13.9 Å². The van der Waals surface area contributed by atoms with Gasteiger partial charge in [0, 0.05) is 36.3 Å². The van der Waals surface area contributed by atoms with Crippen molar-refractivity contribution in [2.45, 2.75) is 18.8 Å². The van der Waals surface area contributed by atoms with E-state index in [2.05, 4.69) is 10.3 Å². The summed E-state index contributed by atoms with van der Waals surface area (Å²) in [5.74, 6) is 1.20. The van der Waals surface area contributed by atoms with E-state index in [4.69, 9.17) is 9.72 Å². The molecule has 3 aromatic rings. The van der Waals surface area contributed by atoms with E-state index in [1.54, 1.807) is 6.20 Å². The number of amides is 1. The van der Waals surface area contributed by atoms with Gasteiger partial charge in [0.05, 0.1) is 0 Å². The van der Waals surface area contributed by atoms with Crippen LogP contribution >= 0.6 is 11.3 Å². The molecule has 1 saturated heterocycles. The van der Waals surface area contributed by atoms with Gasteiger partial charge in [-0.25, -0.2) is 14.4 Å². The number of anilines is 2. The molecule has 6 nitrogen and oxygen atoms in total. The maximum absolute atomic E-state index is 12.9. The summed E-state index contributed by atoms with van der Waals surface area (Å²) >= 11 is 1.53. The van der Waals surface area contributed by atoms with Crippen molar-refractivity contribution in [3.8, 4) is 5.75 Å². The molecule has 1 amide bonds. The van der Waals surface area contributed by atoms with Gasteiger partial charge in [-0.1, -0.05) is 6.07 Å². The van der Waals surface area contributed by atoms with E-state index in [-0.39, 0.29) is 18.3 Å². The highest BCUT2D eigenvalue weighted by Gasteiger charge is 2.25. The number of ether oxygens (including phenoxy) is 1. The highest BCUT2D eigenvalue weighted by molar-refractivity contribution is 7.13. The third-order valence-electron chi connectivity index (χ3n) is 4.88. The fraction of sp³-hybridized carbons (Fsp3) is 0.286. The highest BCUT2D eigenvalue weighted by atomic mass is 32.1. The van der Waals surface area contributed by atoms with E-state index in [1.165, 1.54) is 35.6 Å². The van der Waals surface area contributed by atoms with Gasteiger partial charge in [-0.15, -0.1) is 11.3 Å². The molecule has 0 atom stereocenters. The van der Waals surface area contributed by atoms with Crippen molar-refractivity contribution in [1.29, 1.82) is 0 Å². The number of benzene rings is 1. The minimum Gasteiger partial charge on any atom is -0.484 e. The number of likely N-dealkylation sites (tertiary alicyclic amines) is 1. The normalized spacial score (nSPS) is 14.6. The van der Waals surface area contributed by atoms with Crippen molar-refractivity contribution in [2.24, 2.45) is 0 Å². The van der Waals surface area contributed by atoms with Crippen LogP contribution in [-0.2, 0) is 4.79 Å². The summed E-state index contributed by atoms with van der Waals surface area (Å²) in [5, 5.41) is 5.95. The zero-order valence-corrected chi connectivity index (χ0v) is 16.6. The molecule has 1 aliphatic heterocycles. The third kappa shape index (κ3) is 5.08. The molecular formula is C21H21FN4O2S. The molecule has 1 aromatic carbocycles. The number of piperidine rings is 1. The Kier molecular flexibility index (Phi) is 6.00. The summed E-state index contributed by atoms with van der Waals surface area (Å²) in [6.07, 6.45) is 3.47. The van der Waals surface area contributed by atoms with Gasteiger partial charge in [-0.2, -0.15) is 0 Å². The molecule has 1 fully saturated rings. The first-order valence-corrected chi connectivity index (χ1v) is 10.3. The maximum Gasteiger partial charge on any atom is 0.260 e. The molecule has 0 radical (unpaired) electrons. The summed E-state index contributed by atoms with van der Waals surface area (Å²) in [4.78, 5) is 23.2. The van der Waals surface area contributed by atoms with Gasteiger partial charge in [-0.05, 0) is 49.2 Å². The van der Waals surface area contributed by atoms with Gasteiger partial charge in [0.1, 0.15) is 17.4 Å². The summed E-state index contributed by atoms with van der Waals surface area (Å²) in [5.41, 5.74) is 1.03. The van der Waals surface area contributed by atoms with Gasteiger partial charge >= 0.3 is 0 Å². The molecule has 0 spiro atoms. The lowest BCUT2D eigenvalue weighted by molar-refractivity contribution is -0.134. The molecule has 0 bridgehead atoms. The molecule has 8 heteroatoms. The zero-order valence-electron chi connectivity index (χ0n) is 15.8. The average Bonchev–Trinajstić information content (AvgIpc) is 3.26. The third-order valence-corrected chi connectivity index (χ3v) is 5.57. The van der Waals surface area contributed by atoms with Crippen molar-refractivity contribution >= 4 is 28.2 Å². The molecule has 1 aliphatic rings. The lowest BCUT2D eigenvalue weighted by Gasteiger charge is -2.31. The van der Waals surface area contributed by atoms with Crippen LogP contribution in [0.3, 0.4) is 0 Å². The Morgan fingerprint density at radius 1 is 1.21 bits per heavy atom. The molecule has 1 N–H and O–H groups in total. The molecule has 0 saturated carbocycles. The van der Waals surface area contributed by atoms with Crippen LogP contribution in [0.1, 0.15) is 24.5 Å². The number of pyridine rings is 1. The second kappa shape index (κ2) is 9.00. The second-order valence-electron chi connectivity index (χ2n) is 6.81. The van der Waals surface area contributed by atoms with Crippen LogP contribution < -0.4 is 10.1 Å². The van der Waals surface area contributed by atoms with Gasteiger partial charge in [0.25, 0.3) is 5.91 Å². The van der Waals surface area contributed by atoms with Crippen molar-refractivity contribution in [1.82, 2.24) is 14.9 Å². The van der Waals surface area contributed by atoms with Crippen LogP contribution in [0.25, 0.3) is 0 Å². The fourth-order valence-corrected chi connectivity index (χ4v) is 3.87. The first kappa shape index (κ1) is 19.3. The van der Waals surface area contributed by atoms with Crippen LogP contribution in [0.2, 0.25) is 0 Å². The number of carbonyl (C=O) groups is 1. The Morgan fingerprint density at radius 3 is 2.72 bits per heavy atom. The van der Waals surface area contributed by atoms with Crippen LogP contribution in [0.4, 0.5) is 15.3 Å². The van der Waals surface area contributed by atoms with E-state index in [0.717, 1.165) is 29.5 Å². The van der Waals surface area contributed by atoms with Crippen molar-refractivity contribution in [3.63, 3.8) is 0 Å². The first-order valence-electron chi connectivity index (χ1n) is 9.47. The molecule has 2 aromatic heterocycles. The Hall–Kier alpha value is -3.00. The number of thiazole rings is 1. The Bertz CT molecular complexity index is 942. The Balaban J connectivity index is 1.28. The van der Waals surface area contributed by atoms with Crippen LogP contribution in [0, 0.1) is 5.82 Å².